The van der Waals surface area contributed by atoms with E-state index in [1.807, 2.05) is 32.9 Å². The number of halogens is 4. The maximum absolute atomic E-state index is 14.5. The van der Waals surface area contributed by atoms with Crippen molar-refractivity contribution in [1.29, 1.82) is 0 Å². The first-order chi connectivity index (χ1) is 18.2. The molecule has 4 aromatic heterocycles. The molecule has 4 heterocycles. The summed E-state index contributed by atoms with van der Waals surface area (Å²) in [6.07, 6.45) is 0. The average Bonchev–Trinajstić information content (AvgIpc) is 2.86. The Bertz CT molecular complexity index is 1550. The van der Waals surface area contributed by atoms with Gasteiger partial charge in [0.15, 0.2) is 0 Å². The zero-order valence-electron chi connectivity index (χ0n) is 20.7. The first kappa shape index (κ1) is 25.0. The van der Waals surface area contributed by atoms with E-state index in [1.165, 1.54) is 12.1 Å². The molecule has 0 spiro atoms. The molecule has 5 rings (SSSR count). The highest BCUT2D eigenvalue weighted by Crippen LogP contribution is 2.39. The van der Waals surface area contributed by atoms with Gasteiger partial charge < -0.3 is 0 Å². The van der Waals surface area contributed by atoms with Crippen LogP contribution in [0.2, 0.25) is 0 Å². The molecule has 0 bridgehead atoms. The second-order valence-electron chi connectivity index (χ2n) is 8.79. The van der Waals surface area contributed by atoms with Crippen LogP contribution in [0.25, 0.3) is 22.5 Å². The lowest BCUT2D eigenvalue weighted by Gasteiger charge is -2.27. The number of pyridine rings is 4. The highest BCUT2D eigenvalue weighted by atomic mass is 19.1. The molecular formula is C29H21F4N5. The molecule has 190 valence electrons. The summed E-state index contributed by atoms with van der Waals surface area (Å²) in [6.45, 7) is 5.88. The summed E-state index contributed by atoms with van der Waals surface area (Å²) in [5, 5.41) is 0. The van der Waals surface area contributed by atoms with E-state index in [9.17, 15) is 17.6 Å². The standard InChI is InChI=1S/C29H21F4N5/c1-16-14-17(2)27(18(3)15-16)38(25-8-4-6-21(34-25)19-10-12-23(30)36-28(19)32)26-9-5-7-22(35-26)20-11-13-24(31)37-29(20)33/h4-15H,1-3H3. The second kappa shape index (κ2) is 10.0. The summed E-state index contributed by atoms with van der Waals surface area (Å²) in [6, 6.07) is 18.7. The van der Waals surface area contributed by atoms with Crippen LogP contribution >= 0.6 is 0 Å². The third-order valence-corrected chi connectivity index (χ3v) is 5.97. The Kier molecular flexibility index (Phi) is 6.59. The van der Waals surface area contributed by atoms with Gasteiger partial charge in [0.25, 0.3) is 0 Å². The Morgan fingerprint density at radius 1 is 0.553 bits per heavy atom. The van der Waals surface area contributed by atoms with Gasteiger partial charge in [-0.15, -0.1) is 0 Å². The van der Waals surface area contributed by atoms with Crippen molar-refractivity contribution >= 4 is 17.3 Å². The summed E-state index contributed by atoms with van der Waals surface area (Å²) in [4.78, 5) is 17.7. The quantitative estimate of drug-likeness (QED) is 0.179. The predicted octanol–water partition coefficient (Wildman–Crippen LogP) is 7.55. The van der Waals surface area contributed by atoms with Crippen molar-refractivity contribution in [2.75, 3.05) is 4.90 Å². The number of rotatable bonds is 5. The van der Waals surface area contributed by atoms with Gasteiger partial charge in [0.2, 0.25) is 23.8 Å². The predicted molar refractivity (Wildman–Crippen MR) is 137 cm³/mol. The van der Waals surface area contributed by atoms with Crippen LogP contribution in [0, 0.1) is 44.6 Å². The maximum atomic E-state index is 14.5. The fourth-order valence-electron chi connectivity index (χ4n) is 4.47. The molecular weight excluding hydrogens is 494 g/mol. The van der Waals surface area contributed by atoms with Crippen molar-refractivity contribution in [1.82, 2.24) is 19.9 Å². The highest BCUT2D eigenvalue weighted by Gasteiger charge is 2.22. The molecule has 0 aliphatic heterocycles. The van der Waals surface area contributed by atoms with Gasteiger partial charge in [0, 0.05) is 0 Å². The zero-order valence-corrected chi connectivity index (χ0v) is 20.7. The van der Waals surface area contributed by atoms with Crippen LogP contribution in [0.3, 0.4) is 0 Å². The number of benzene rings is 1. The second-order valence-corrected chi connectivity index (χ2v) is 8.79. The van der Waals surface area contributed by atoms with Crippen molar-refractivity contribution in [3.63, 3.8) is 0 Å². The summed E-state index contributed by atoms with van der Waals surface area (Å²) in [7, 11) is 0. The Morgan fingerprint density at radius 3 is 1.42 bits per heavy atom. The van der Waals surface area contributed by atoms with Crippen molar-refractivity contribution in [2.45, 2.75) is 20.8 Å². The SMILES string of the molecule is Cc1cc(C)c(N(c2cccc(-c3ccc(F)nc3F)n2)c2cccc(-c3ccc(F)nc3F)n2)c(C)c1. The van der Waals surface area contributed by atoms with E-state index in [0.29, 0.717) is 11.6 Å². The van der Waals surface area contributed by atoms with E-state index in [-0.39, 0.29) is 22.5 Å². The summed E-state index contributed by atoms with van der Waals surface area (Å²) in [5.74, 6) is -3.05. The van der Waals surface area contributed by atoms with Crippen LogP contribution in [0.15, 0.2) is 72.8 Å². The molecule has 0 aliphatic rings. The summed E-state index contributed by atoms with van der Waals surface area (Å²) in [5.41, 5.74) is 4.23. The number of hydrogen-bond acceptors (Lipinski definition) is 5. The van der Waals surface area contributed by atoms with Gasteiger partial charge >= 0.3 is 0 Å². The van der Waals surface area contributed by atoms with Gasteiger partial charge in [-0.3, -0.25) is 4.90 Å². The van der Waals surface area contributed by atoms with Gasteiger partial charge in [-0.2, -0.15) is 27.5 Å². The van der Waals surface area contributed by atoms with Crippen LogP contribution in [-0.2, 0) is 0 Å². The molecule has 5 nitrogen and oxygen atoms in total. The molecule has 1 aromatic carbocycles. The Balaban J connectivity index is 1.72. The zero-order chi connectivity index (χ0) is 27.0. The summed E-state index contributed by atoms with van der Waals surface area (Å²) < 4.78 is 55.9. The topological polar surface area (TPSA) is 54.8 Å². The fraction of sp³-hybridized carbons (Fsp3) is 0.103. The van der Waals surface area contributed by atoms with Gasteiger partial charge in [0.05, 0.1) is 28.2 Å². The summed E-state index contributed by atoms with van der Waals surface area (Å²) >= 11 is 0. The van der Waals surface area contributed by atoms with E-state index < -0.39 is 23.8 Å². The van der Waals surface area contributed by atoms with Crippen LogP contribution in [0.1, 0.15) is 16.7 Å². The molecule has 38 heavy (non-hydrogen) atoms. The van der Waals surface area contributed by atoms with Crippen molar-refractivity contribution < 1.29 is 17.6 Å². The number of hydrogen-bond donors (Lipinski definition) is 0. The number of nitrogens with zero attached hydrogens (tertiary/aromatic N) is 5. The van der Waals surface area contributed by atoms with E-state index in [2.05, 4.69) is 19.9 Å². The van der Waals surface area contributed by atoms with Gasteiger partial charge in [-0.1, -0.05) is 29.8 Å². The van der Waals surface area contributed by atoms with Gasteiger partial charge in [-0.05, 0) is 80.4 Å². The van der Waals surface area contributed by atoms with Crippen molar-refractivity contribution in [2.24, 2.45) is 0 Å². The third kappa shape index (κ3) is 4.82. The van der Waals surface area contributed by atoms with E-state index >= 15 is 0 Å². The molecule has 9 heteroatoms. The molecule has 5 aromatic rings. The molecule has 0 radical (unpaired) electrons. The van der Waals surface area contributed by atoms with E-state index in [1.54, 1.807) is 41.3 Å². The molecule has 0 fully saturated rings. The molecule has 0 saturated carbocycles. The van der Waals surface area contributed by atoms with Gasteiger partial charge in [0.1, 0.15) is 11.6 Å². The van der Waals surface area contributed by atoms with Crippen molar-refractivity contribution in [3.05, 3.63) is 113 Å². The number of aryl methyl sites for hydroxylation is 3. The first-order valence-corrected chi connectivity index (χ1v) is 11.7. The fourth-order valence-corrected chi connectivity index (χ4v) is 4.47. The molecule has 0 saturated heterocycles. The monoisotopic (exact) mass is 515 g/mol. The molecule has 0 unspecified atom stereocenters. The number of anilines is 3. The minimum Gasteiger partial charge on any atom is -0.278 e. The van der Waals surface area contributed by atoms with Crippen molar-refractivity contribution in [3.8, 4) is 22.5 Å². The highest BCUT2D eigenvalue weighted by molar-refractivity contribution is 5.79. The first-order valence-electron chi connectivity index (χ1n) is 11.7. The minimum absolute atomic E-state index is 0.0340. The minimum atomic E-state index is -0.983. The van der Waals surface area contributed by atoms with Crippen LogP contribution < -0.4 is 4.90 Å². The van der Waals surface area contributed by atoms with Crippen LogP contribution in [0.5, 0.6) is 0 Å². The average molecular weight is 516 g/mol. The normalized spacial score (nSPS) is 11.0. The van der Waals surface area contributed by atoms with E-state index in [0.717, 1.165) is 34.5 Å². The lowest BCUT2D eigenvalue weighted by Crippen LogP contribution is -2.16. The Morgan fingerprint density at radius 2 is 1.00 bits per heavy atom. The lowest BCUT2D eigenvalue weighted by atomic mass is 10.0. The number of aromatic nitrogens is 4. The van der Waals surface area contributed by atoms with Gasteiger partial charge in [-0.25, -0.2) is 9.97 Å². The Hall–Kier alpha value is -4.66. The lowest BCUT2D eigenvalue weighted by molar-refractivity contribution is 0.514. The smallest absolute Gasteiger partial charge is 0.224 e. The van der Waals surface area contributed by atoms with E-state index in [4.69, 9.17) is 0 Å². The van der Waals surface area contributed by atoms with Crippen LogP contribution in [-0.4, -0.2) is 19.9 Å². The molecule has 0 amide bonds. The maximum Gasteiger partial charge on any atom is 0.224 e. The third-order valence-electron chi connectivity index (χ3n) is 5.97. The largest absolute Gasteiger partial charge is 0.278 e. The Labute approximate surface area is 216 Å². The molecule has 0 atom stereocenters. The molecule has 0 N–H and O–H groups in total. The van der Waals surface area contributed by atoms with Crippen LogP contribution in [0.4, 0.5) is 34.9 Å². The molecule has 0 aliphatic carbocycles.